The molecule has 2 aliphatic carbocycles. The molecular formula is C17H15Br. The summed E-state index contributed by atoms with van der Waals surface area (Å²) in [5, 5.41) is 0.890. The summed E-state index contributed by atoms with van der Waals surface area (Å²) >= 11 is 3.50. The van der Waals surface area contributed by atoms with E-state index in [-0.39, 0.29) is 0 Å². The molecule has 0 amide bonds. The van der Waals surface area contributed by atoms with E-state index < -0.39 is 0 Å². The average Bonchev–Trinajstić information content (AvgIpc) is 2.58. The Bertz CT molecular complexity index is 585. The van der Waals surface area contributed by atoms with Gasteiger partial charge in [0.1, 0.15) is 0 Å². The van der Waals surface area contributed by atoms with Crippen LogP contribution < -0.4 is 0 Å². The molecule has 0 nitrogen and oxygen atoms in total. The van der Waals surface area contributed by atoms with E-state index in [0.717, 1.165) is 18.2 Å². The fourth-order valence-corrected chi connectivity index (χ4v) is 3.01. The van der Waals surface area contributed by atoms with E-state index in [2.05, 4.69) is 70.6 Å². The van der Waals surface area contributed by atoms with Gasteiger partial charge in [0.05, 0.1) is 0 Å². The van der Waals surface area contributed by atoms with Crippen LogP contribution in [0.5, 0.6) is 0 Å². The second kappa shape index (κ2) is 5.11. The minimum absolute atomic E-state index is 0.890. The van der Waals surface area contributed by atoms with E-state index in [1.807, 2.05) is 0 Å². The predicted molar refractivity (Wildman–Crippen MR) is 82.6 cm³/mol. The Morgan fingerprint density at radius 1 is 1.06 bits per heavy atom. The Balaban J connectivity index is 2.24. The summed E-state index contributed by atoms with van der Waals surface area (Å²) in [4.78, 5) is 0. The highest BCUT2D eigenvalue weighted by Gasteiger charge is 2.16. The van der Waals surface area contributed by atoms with Crippen LogP contribution in [0.25, 0.3) is 11.1 Å². The molecule has 0 bridgehead atoms. The van der Waals surface area contributed by atoms with Gasteiger partial charge in [0, 0.05) is 5.33 Å². The quantitative estimate of drug-likeness (QED) is 0.630. The fourth-order valence-electron chi connectivity index (χ4n) is 2.66. The lowest BCUT2D eigenvalue weighted by molar-refractivity contribution is 1.04. The Morgan fingerprint density at radius 2 is 1.89 bits per heavy atom. The number of rotatable bonds is 1. The largest absolute Gasteiger partial charge is 0.0883 e. The van der Waals surface area contributed by atoms with Crippen molar-refractivity contribution in [2.75, 3.05) is 5.33 Å². The molecule has 0 saturated heterocycles. The Hall–Kier alpha value is -1.34. The van der Waals surface area contributed by atoms with Crippen molar-refractivity contribution >= 4 is 27.1 Å². The second-order valence-electron chi connectivity index (χ2n) is 4.57. The van der Waals surface area contributed by atoms with Gasteiger partial charge in [-0.15, -0.1) is 0 Å². The van der Waals surface area contributed by atoms with Gasteiger partial charge in [-0.25, -0.2) is 0 Å². The number of hydrogen-bond acceptors (Lipinski definition) is 0. The molecule has 0 spiro atoms. The van der Waals surface area contributed by atoms with Gasteiger partial charge >= 0.3 is 0 Å². The fraction of sp³-hybridized carbons (Fsp3) is 0.176. The van der Waals surface area contributed by atoms with Gasteiger partial charge in [0.15, 0.2) is 0 Å². The SMILES string of the molecule is BrCC=C1C=CC2=C(CCC=C2)c2ccccc21. The number of halogens is 1. The second-order valence-corrected chi connectivity index (χ2v) is 5.22. The van der Waals surface area contributed by atoms with E-state index in [1.54, 1.807) is 0 Å². The van der Waals surface area contributed by atoms with Crippen LogP contribution in [0.3, 0.4) is 0 Å². The van der Waals surface area contributed by atoms with E-state index >= 15 is 0 Å². The number of benzene rings is 1. The summed E-state index contributed by atoms with van der Waals surface area (Å²) in [6, 6.07) is 8.74. The van der Waals surface area contributed by atoms with Crippen LogP contribution in [0.4, 0.5) is 0 Å². The molecule has 1 aromatic rings. The highest BCUT2D eigenvalue weighted by atomic mass is 79.9. The molecule has 90 valence electrons. The van der Waals surface area contributed by atoms with Gasteiger partial charge < -0.3 is 0 Å². The average molecular weight is 299 g/mol. The van der Waals surface area contributed by atoms with Crippen molar-refractivity contribution in [2.45, 2.75) is 12.8 Å². The first-order chi connectivity index (χ1) is 8.90. The van der Waals surface area contributed by atoms with Crippen LogP contribution in [-0.4, -0.2) is 5.33 Å². The Kier molecular flexibility index (Phi) is 3.33. The molecule has 0 aliphatic heterocycles. The van der Waals surface area contributed by atoms with Crippen molar-refractivity contribution in [3.8, 4) is 0 Å². The minimum Gasteiger partial charge on any atom is -0.0883 e. The van der Waals surface area contributed by atoms with Gasteiger partial charge in [-0.3, -0.25) is 0 Å². The molecule has 1 heteroatoms. The Morgan fingerprint density at radius 3 is 2.72 bits per heavy atom. The third kappa shape index (κ3) is 2.04. The molecule has 2 aliphatic rings. The zero-order valence-corrected chi connectivity index (χ0v) is 11.8. The monoisotopic (exact) mass is 298 g/mol. The minimum atomic E-state index is 0.890. The first-order valence-corrected chi connectivity index (χ1v) is 7.46. The van der Waals surface area contributed by atoms with Crippen molar-refractivity contribution < 1.29 is 0 Å². The van der Waals surface area contributed by atoms with Crippen molar-refractivity contribution in [2.24, 2.45) is 0 Å². The third-order valence-electron chi connectivity index (χ3n) is 3.51. The third-order valence-corrected chi connectivity index (χ3v) is 3.83. The maximum absolute atomic E-state index is 3.50. The number of alkyl halides is 1. The maximum atomic E-state index is 3.50. The predicted octanol–water partition coefficient (Wildman–Crippen LogP) is 5.14. The highest BCUT2D eigenvalue weighted by Crippen LogP contribution is 2.37. The summed E-state index contributed by atoms with van der Waals surface area (Å²) < 4.78 is 0. The zero-order chi connectivity index (χ0) is 12.4. The summed E-state index contributed by atoms with van der Waals surface area (Å²) in [5.41, 5.74) is 6.92. The van der Waals surface area contributed by atoms with E-state index in [4.69, 9.17) is 0 Å². The Labute approximate surface area is 117 Å². The lowest BCUT2D eigenvalue weighted by Crippen LogP contribution is -1.95. The van der Waals surface area contributed by atoms with Crippen LogP contribution in [0.1, 0.15) is 24.0 Å². The van der Waals surface area contributed by atoms with Crippen molar-refractivity contribution in [1.29, 1.82) is 0 Å². The molecule has 0 radical (unpaired) electrons. The van der Waals surface area contributed by atoms with Crippen molar-refractivity contribution in [3.05, 3.63) is 71.3 Å². The topological polar surface area (TPSA) is 0 Å². The molecule has 0 unspecified atom stereocenters. The van der Waals surface area contributed by atoms with Crippen LogP contribution >= 0.6 is 15.9 Å². The summed E-state index contributed by atoms with van der Waals surface area (Å²) in [7, 11) is 0. The molecule has 18 heavy (non-hydrogen) atoms. The maximum Gasteiger partial charge on any atom is 0.0221 e. The standard InChI is InChI=1S/C17H15Br/c18-12-11-14-10-9-13-5-1-2-6-15(13)17-8-4-3-7-16(14)17/h1,3-5,7-11H,2,6,12H2. The van der Waals surface area contributed by atoms with Gasteiger partial charge in [-0.1, -0.05) is 70.6 Å². The molecule has 3 rings (SSSR count). The summed E-state index contributed by atoms with van der Waals surface area (Å²) in [6.07, 6.45) is 13.5. The van der Waals surface area contributed by atoms with Gasteiger partial charge in [0.2, 0.25) is 0 Å². The number of hydrogen-bond donors (Lipinski definition) is 0. The van der Waals surface area contributed by atoms with Crippen molar-refractivity contribution in [1.82, 2.24) is 0 Å². The van der Waals surface area contributed by atoms with Gasteiger partial charge in [-0.05, 0) is 40.7 Å². The normalized spacial score (nSPS) is 19.7. The number of fused-ring (bicyclic) bond motifs is 2. The van der Waals surface area contributed by atoms with E-state index in [9.17, 15) is 0 Å². The first kappa shape index (κ1) is 11.7. The zero-order valence-electron chi connectivity index (χ0n) is 10.2. The molecule has 0 atom stereocenters. The number of allylic oxidation sites excluding steroid dienone is 8. The van der Waals surface area contributed by atoms with Gasteiger partial charge in [0.25, 0.3) is 0 Å². The highest BCUT2D eigenvalue weighted by molar-refractivity contribution is 9.09. The molecular weight excluding hydrogens is 284 g/mol. The lowest BCUT2D eigenvalue weighted by atomic mass is 9.89. The molecule has 0 saturated carbocycles. The molecule has 0 heterocycles. The summed E-state index contributed by atoms with van der Waals surface area (Å²) in [6.45, 7) is 0. The molecule has 0 N–H and O–H groups in total. The van der Waals surface area contributed by atoms with Gasteiger partial charge in [-0.2, -0.15) is 0 Å². The van der Waals surface area contributed by atoms with E-state index in [1.165, 1.54) is 27.8 Å². The van der Waals surface area contributed by atoms with E-state index in [0.29, 0.717) is 0 Å². The smallest absolute Gasteiger partial charge is 0.0221 e. The summed E-state index contributed by atoms with van der Waals surface area (Å²) in [5.74, 6) is 0. The lowest BCUT2D eigenvalue weighted by Gasteiger charge is -2.15. The molecule has 0 aromatic heterocycles. The van der Waals surface area contributed by atoms with Crippen LogP contribution in [0.15, 0.2) is 60.2 Å². The van der Waals surface area contributed by atoms with Crippen LogP contribution in [0, 0.1) is 0 Å². The van der Waals surface area contributed by atoms with Crippen LogP contribution in [-0.2, 0) is 0 Å². The molecule has 1 aromatic carbocycles. The molecule has 0 fully saturated rings. The van der Waals surface area contributed by atoms with Crippen LogP contribution in [0.2, 0.25) is 0 Å². The van der Waals surface area contributed by atoms with Crippen molar-refractivity contribution in [3.63, 3.8) is 0 Å². The first-order valence-electron chi connectivity index (χ1n) is 6.34.